The summed E-state index contributed by atoms with van der Waals surface area (Å²) in [5.74, 6) is -0.611. The average Bonchev–Trinajstić information content (AvgIpc) is 2.78. The SMILES string of the molecule is Cc1c(CO)c2ccccc2n1C(=O)c1ccc(F)cc1. The Labute approximate surface area is 121 Å². The van der Waals surface area contributed by atoms with Crippen LogP contribution in [0.4, 0.5) is 4.39 Å². The number of hydrogen-bond acceptors (Lipinski definition) is 2. The highest BCUT2D eigenvalue weighted by Crippen LogP contribution is 2.26. The van der Waals surface area contributed by atoms with Crippen molar-refractivity contribution in [1.82, 2.24) is 4.57 Å². The molecule has 0 amide bonds. The number of benzene rings is 2. The first-order valence-electron chi connectivity index (χ1n) is 6.63. The van der Waals surface area contributed by atoms with Crippen LogP contribution in [0.1, 0.15) is 21.6 Å². The van der Waals surface area contributed by atoms with Gasteiger partial charge in [-0.3, -0.25) is 9.36 Å². The molecule has 106 valence electrons. The Hall–Kier alpha value is -2.46. The fourth-order valence-corrected chi connectivity index (χ4v) is 2.62. The van der Waals surface area contributed by atoms with E-state index in [-0.39, 0.29) is 18.3 Å². The maximum atomic E-state index is 13.0. The van der Waals surface area contributed by atoms with E-state index < -0.39 is 0 Å². The highest BCUT2D eigenvalue weighted by molar-refractivity contribution is 6.03. The van der Waals surface area contributed by atoms with Crippen LogP contribution in [0.5, 0.6) is 0 Å². The van der Waals surface area contributed by atoms with Gasteiger partial charge in [0.2, 0.25) is 0 Å². The Morgan fingerprint density at radius 1 is 1.14 bits per heavy atom. The zero-order chi connectivity index (χ0) is 15.0. The van der Waals surface area contributed by atoms with E-state index in [2.05, 4.69) is 0 Å². The van der Waals surface area contributed by atoms with Crippen LogP contribution < -0.4 is 0 Å². The molecule has 4 heteroatoms. The van der Waals surface area contributed by atoms with Crippen molar-refractivity contribution in [2.24, 2.45) is 0 Å². The molecule has 0 unspecified atom stereocenters. The third kappa shape index (κ3) is 2.14. The van der Waals surface area contributed by atoms with Crippen LogP contribution in [0.3, 0.4) is 0 Å². The summed E-state index contributed by atoms with van der Waals surface area (Å²) in [6, 6.07) is 12.9. The number of rotatable bonds is 2. The number of aliphatic hydroxyl groups excluding tert-OH is 1. The molecule has 3 rings (SSSR count). The van der Waals surface area contributed by atoms with E-state index >= 15 is 0 Å². The van der Waals surface area contributed by atoms with Crippen LogP contribution in [-0.4, -0.2) is 15.6 Å². The van der Waals surface area contributed by atoms with Gasteiger partial charge in [-0.05, 0) is 37.3 Å². The van der Waals surface area contributed by atoms with Crippen molar-refractivity contribution in [3.05, 3.63) is 71.2 Å². The number of carbonyl (C=O) groups is 1. The number of hydrogen-bond donors (Lipinski definition) is 1. The molecule has 0 radical (unpaired) electrons. The second-order valence-electron chi connectivity index (χ2n) is 4.89. The van der Waals surface area contributed by atoms with Crippen molar-refractivity contribution >= 4 is 16.8 Å². The van der Waals surface area contributed by atoms with E-state index in [1.165, 1.54) is 24.3 Å². The largest absolute Gasteiger partial charge is 0.392 e. The topological polar surface area (TPSA) is 42.2 Å². The predicted octanol–water partition coefficient (Wildman–Crippen LogP) is 3.27. The number of para-hydroxylation sites is 1. The van der Waals surface area contributed by atoms with Gasteiger partial charge in [0.05, 0.1) is 12.1 Å². The predicted molar refractivity (Wildman–Crippen MR) is 78.7 cm³/mol. The lowest BCUT2D eigenvalue weighted by molar-refractivity contribution is 0.0962. The summed E-state index contributed by atoms with van der Waals surface area (Å²) in [6.45, 7) is 1.67. The molecule has 3 nitrogen and oxygen atoms in total. The molecule has 0 atom stereocenters. The number of aliphatic hydroxyl groups is 1. The first kappa shape index (κ1) is 13.5. The zero-order valence-corrected chi connectivity index (χ0v) is 11.5. The standard InChI is InChI=1S/C17H14FNO2/c1-11-15(10-20)14-4-2-3-5-16(14)19(11)17(21)12-6-8-13(18)9-7-12/h2-9,20H,10H2,1H3. The van der Waals surface area contributed by atoms with Gasteiger partial charge in [-0.15, -0.1) is 0 Å². The fourth-order valence-electron chi connectivity index (χ4n) is 2.62. The van der Waals surface area contributed by atoms with Crippen molar-refractivity contribution in [2.75, 3.05) is 0 Å². The second kappa shape index (κ2) is 5.14. The lowest BCUT2D eigenvalue weighted by Crippen LogP contribution is -2.13. The Morgan fingerprint density at radius 2 is 1.81 bits per heavy atom. The molecule has 0 aliphatic rings. The molecule has 1 aromatic heterocycles. The van der Waals surface area contributed by atoms with Crippen LogP contribution in [0.25, 0.3) is 10.9 Å². The number of nitrogens with zero attached hydrogens (tertiary/aromatic N) is 1. The summed E-state index contributed by atoms with van der Waals surface area (Å²) in [5, 5.41) is 10.4. The smallest absolute Gasteiger partial charge is 0.262 e. The molecule has 2 aromatic carbocycles. The Morgan fingerprint density at radius 3 is 2.48 bits per heavy atom. The summed E-state index contributed by atoms with van der Waals surface area (Å²) in [4.78, 5) is 12.7. The minimum Gasteiger partial charge on any atom is -0.392 e. The average molecular weight is 283 g/mol. The molecule has 0 aliphatic carbocycles. The summed E-state index contributed by atoms with van der Waals surface area (Å²) >= 11 is 0. The Kier molecular flexibility index (Phi) is 3.31. The van der Waals surface area contributed by atoms with E-state index in [9.17, 15) is 14.3 Å². The molecule has 0 saturated heterocycles. The van der Waals surface area contributed by atoms with Crippen molar-refractivity contribution in [2.45, 2.75) is 13.5 Å². The highest BCUT2D eigenvalue weighted by Gasteiger charge is 2.18. The van der Waals surface area contributed by atoms with Crippen LogP contribution in [0.15, 0.2) is 48.5 Å². The summed E-state index contributed by atoms with van der Waals surface area (Å²) < 4.78 is 14.6. The van der Waals surface area contributed by atoms with Crippen LogP contribution in [-0.2, 0) is 6.61 Å². The van der Waals surface area contributed by atoms with Crippen molar-refractivity contribution in [3.63, 3.8) is 0 Å². The molecule has 1 N–H and O–H groups in total. The molecule has 0 fully saturated rings. The minimum absolute atomic E-state index is 0.129. The zero-order valence-electron chi connectivity index (χ0n) is 11.5. The van der Waals surface area contributed by atoms with E-state index in [4.69, 9.17) is 0 Å². The number of halogens is 1. The van der Waals surface area contributed by atoms with Crippen LogP contribution in [0, 0.1) is 12.7 Å². The van der Waals surface area contributed by atoms with Crippen molar-refractivity contribution in [1.29, 1.82) is 0 Å². The summed E-state index contributed by atoms with van der Waals surface area (Å²) in [7, 11) is 0. The Bertz CT molecular complexity index is 819. The first-order chi connectivity index (χ1) is 10.1. The van der Waals surface area contributed by atoms with Gasteiger partial charge in [0.1, 0.15) is 5.82 Å². The molecule has 0 spiro atoms. The van der Waals surface area contributed by atoms with Crippen molar-refractivity contribution in [3.8, 4) is 0 Å². The minimum atomic E-state index is -0.378. The molecule has 3 aromatic rings. The van der Waals surface area contributed by atoms with Crippen molar-refractivity contribution < 1.29 is 14.3 Å². The summed E-state index contributed by atoms with van der Waals surface area (Å²) in [5.41, 5.74) is 2.59. The highest BCUT2D eigenvalue weighted by atomic mass is 19.1. The number of fused-ring (bicyclic) bond motifs is 1. The van der Waals surface area contributed by atoms with Gasteiger partial charge in [0.15, 0.2) is 0 Å². The normalized spacial score (nSPS) is 11.0. The second-order valence-corrected chi connectivity index (χ2v) is 4.89. The molecular weight excluding hydrogens is 269 g/mol. The fraction of sp³-hybridized carbons (Fsp3) is 0.118. The lowest BCUT2D eigenvalue weighted by atomic mass is 10.1. The van der Waals surface area contributed by atoms with Gasteiger partial charge in [-0.25, -0.2) is 4.39 Å². The summed E-state index contributed by atoms with van der Waals surface area (Å²) in [6.07, 6.45) is 0. The maximum Gasteiger partial charge on any atom is 0.262 e. The number of carbonyl (C=O) groups excluding carboxylic acids is 1. The van der Waals surface area contributed by atoms with Crippen LogP contribution >= 0.6 is 0 Å². The van der Waals surface area contributed by atoms with Gasteiger partial charge < -0.3 is 5.11 Å². The van der Waals surface area contributed by atoms with E-state index in [1.54, 1.807) is 11.5 Å². The third-order valence-electron chi connectivity index (χ3n) is 3.69. The van der Waals surface area contributed by atoms with Crippen LogP contribution in [0.2, 0.25) is 0 Å². The molecule has 1 heterocycles. The molecule has 21 heavy (non-hydrogen) atoms. The monoisotopic (exact) mass is 283 g/mol. The van der Waals surface area contributed by atoms with E-state index in [0.717, 1.165) is 16.5 Å². The quantitative estimate of drug-likeness (QED) is 0.784. The molecular formula is C17H14FNO2. The van der Waals surface area contributed by atoms with Gasteiger partial charge in [0, 0.05) is 22.2 Å². The van der Waals surface area contributed by atoms with Gasteiger partial charge >= 0.3 is 0 Å². The van der Waals surface area contributed by atoms with Gasteiger partial charge in [0.25, 0.3) is 5.91 Å². The van der Waals surface area contributed by atoms with Gasteiger partial charge in [-0.2, -0.15) is 0 Å². The number of aromatic nitrogens is 1. The Balaban J connectivity index is 2.22. The third-order valence-corrected chi connectivity index (χ3v) is 3.69. The maximum absolute atomic E-state index is 13.0. The molecule has 0 aliphatic heterocycles. The van der Waals surface area contributed by atoms with E-state index in [1.807, 2.05) is 24.3 Å². The van der Waals surface area contributed by atoms with E-state index in [0.29, 0.717) is 11.3 Å². The first-order valence-corrected chi connectivity index (χ1v) is 6.63. The molecule has 0 saturated carbocycles. The van der Waals surface area contributed by atoms with Gasteiger partial charge in [-0.1, -0.05) is 18.2 Å². The lowest BCUT2D eigenvalue weighted by Gasteiger charge is -2.07. The molecule has 0 bridgehead atoms.